The maximum Gasteiger partial charge on any atom is 0.408 e. The van der Waals surface area contributed by atoms with Gasteiger partial charge in [0.15, 0.2) is 0 Å². The number of nitrogens with one attached hydrogen (secondary N) is 2. The van der Waals surface area contributed by atoms with Gasteiger partial charge in [-0.15, -0.1) is 0 Å². The van der Waals surface area contributed by atoms with Crippen LogP contribution in [0.1, 0.15) is 40.0 Å². The molecule has 0 aromatic heterocycles. The highest BCUT2D eigenvalue weighted by atomic mass is 19.1. The van der Waals surface area contributed by atoms with E-state index in [1.54, 1.807) is 20.8 Å². The van der Waals surface area contributed by atoms with Crippen molar-refractivity contribution in [2.24, 2.45) is 0 Å². The van der Waals surface area contributed by atoms with Crippen LogP contribution >= 0.6 is 0 Å². The molecule has 0 bridgehead atoms. The number of hydrogen-bond donors (Lipinski definition) is 2. The van der Waals surface area contributed by atoms with Crippen LogP contribution in [0.3, 0.4) is 0 Å². The van der Waals surface area contributed by atoms with Gasteiger partial charge in [0.25, 0.3) is 5.91 Å². The van der Waals surface area contributed by atoms with Crippen molar-refractivity contribution in [2.75, 3.05) is 11.9 Å². The average Bonchev–Trinajstić information content (AvgIpc) is 2.68. The van der Waals surface area contributed by atoms with Crippen molar-refractivity contribution in [3.05, 3.63) is 30.1 Å². The molecule has 2 N–H and O–H groups in total. The molecule has 0 unspecified atom stereocenters. The zero-order valence-electron chi connectivity index (χ0n) is 15.2. The Bertz CT molecular complexity index is 687. The standard InChI is InChI=1S/C18H24FN3O4/c1-18(2,3)26-17(25)21-14-9-4-5-10-22(15(14)23)16(24)20-13-8-6-7-12(19)11-13/h6-8,11,14H,4-5,9-10H2,1-3H3,(H,20,24)(H,21,25)/t14-/m0/s1. The van der Waals surface area contributed by atoms with E-state index >= 15 is 0 Å². The van der Waals surface area contributed by atoms with E-state index in [1.807, 2.05) is 0 Å². The fourth-order valence-corrected chi connectivity index (χ4v) is 2.58. The molecule has 0 aliphatic carbocycles. The Labute approximate surface area is 151 Å². The molecule has 0 saturated carbocycles. The maximum absolute atomic E-state index is 13.2. The number of amides is 4. The Hall–Kier alpha value is -2.64. The lowest BCUT2D eigenvalue weighted by molar-refractivity contribution is -0.129. The molecule has 1 aromatic carbocycles. The minimum atomic E-state index is -0.842. The zero-order chi connectivity index (χ0) is 19.3. The van der Waals surface area contributed by atoms with Crippen LogP contribution in [0.15, 0.2) is 24.3 Å². The number of ether oxygens (including phenoxy) is 1. The van der Waals surface area contributed by atoms with Gasteiger partial charge >= 0.3 is 12.1 Å². The van der Waals surface area contributed by atoms with Gasteiger partial charge in [0.1, 0.15) is 17.5 Å². The Balaban J connectivity index is 2.04. The number of imide groups is 1. The minimum absolute atomic E-state index is 0.229. The highest BCUT2D eigenvalue weighted by Crippen LogP contribution is 2.16. The average molecular weight is 365 g/mol. The van der Waals surface area contributed by atoms with Crippen molar-refractivity contribution < 1.29 is 23.5 Å². The van der Waals surface area contributed by atoms with E-state index in [-0.39, 0.29) is 12.2 Å². The smallest absolute Gasteiger partial charge is 0.408 e. The van der Waals surface area contributed by atoms with Crippen LogP contribution in [0, 0.1) is 5.82 Å². The molecule has 7 nitrogen and oxygen atoms in total. The van der Waals surface area contributed by atoms with Crippen LogP contribution in [-0.4, -0.2) is 41.1 Å². The van der Waals surface area contributed by atoms with Crippen molar-refractivity contribution in [3.63, 3.8) is 0 Å². The van der Waals surface area contributed by atoms with Crippen LogP contribution in [0.2, 0.25) is 0 Å². The van der Waals surface area contributed by atoms with Gasteiger partial charge in [0.2, 0.25) is 0 Å². The zero-order valence-corrected chi connectivity index (χ0v) is 15.2. The van der Waals surface area contributed by atoms with Crippen LogP contribution < -0.4 is 10.6 Å². The topological polar surface area (TPSA) is 87.7 Å². The second-order valence-electron chi connectivity index (χ2n) is 7.12. The summed E-state index contributed by atoms with van der Waals surface area (Å²) < 4.78 is 18.4. The van der Waals surface area contributed by atoms with Crippen molar-refractivity contribution in [1.82, 2.24) is 10.2 Å². The molecule has 4 amide bonds. The second kappa shape index (κ2) is 8.16. The fraction of sp³-hybridized carbons (Fsp3) is 0.500. The molecule has 1 aliphatic heterocycles. The number of hydrogen-bond acceptors (Lipinski definition) is 4. The summed E-state index contributed by atoms with van der Waals surface area (Å²) in [5.74, 6) is -1.00. The van der Waals surface area contributed by atoms with Gasteiger partial charge < -0.3 is 15.4 Å². The second-order valence-corrected chi connectivity index (χ2v) is 7.12. The van der Waals surface area contributed by atoms with Gasteiger partial charge in [-0.1, -0.05) is 6.07 Å². The van der Waals surface area contributed by atoms with Crippen molar-refractivity contribution in [3.8, 4) is 0 Å². The Morgan fingerprint density at radius 3 is 2.65 bits per heavy atom. The quantitative estimate of drug-likeness (QED) is 0.842. The van der Waals surface area contributed by atoms with E-state index in [9.17, 15) is 18.8 Å². The monoisotopic (exact) mass is 365 g/mol. The molecule has 0 radical (unpaired) electrons. The van der Waals surface area contributed by atoms with Crippen LogP contribution in [0.5, 0.6) is 0 Å². The third kappa shape index (κ3) is 5.72. The Morgan fingerprint density at radius 2 is 2.00 bits per heavy atom. The molecule has 26 heavy (non-hydrogen) atoms. The van der Waals surface area contributed by atoms with Crippen LogP contribution in [0.25, 0.3) is 0 Å². The maximum atomic E-state index is 13.2. The Kier molecular flexibility index (Phi) is 6.18. The number of urea groups is 1. The lowest BCUT2D eigenvalue weighted by atomic mass is 10.1. The third-order valence-corrected chi connectivity index (χ3v) is 3.70. The first kappa shape index (κ1) is 19.7. The highest BCUT2D eigenvalue weighted by molar-refractivity contribution is 6.03. The molecule has 1 aromatic rings. The summed E-state index contributed by atoms with van der Waals surface area (Å²) in [6.45, 7) is 5.40. The predicted molar refractivity (Wildman–Crippen MR) is 94.1 cm³/mol. The summed E-state index contributed by atoms with van der Waals surface area (Å²) in [6, 6.07) is 3.91. The van der Waals surface area contributed by atoms with E-state index in [0.29, 0.717) is 19.3 Å². The van der Waals surface area contributed by atoms with Gasteiger partial charge in [0.05, 0.1) is 0 Å². The van der Waals surface area contributed by atoms with E-state index in [2.05, 4.69) is 10.6 Å². The molecule has 1 atom stereocenters. The number of likely N-dealkylation sites (tertiary alicyclic amines) is 1. The van der Waals surface area contributed by atoms with E-state index in [4.69, 9.17) is 4.74 Å². The number of nitrogens with zero attached hydrogens (tertiary/aromatic N) is 1. The van der Waals surface area contributed by atoms with E-state index in [1.165, 1.54) is 18.2 Å². The molecule has 1 aliphatic rings. The summed E-state index contributed by atoms with van der Waals surface area (Å²) in [7, 11) is 0. The first-order valence-corrected chi connectivity index (χ1v) is 8.53. The predicted octanol–water partition coefficient (Wildman–Crippen LogP) is 3.26. The molecule has 2 rings (SSSR count). The highest BCUT2D eigenvalue weighted by Gasteiger charge is 2.33. The number of carbonyl (C=O) groups is 3. The van der Waals surface area contributed by atoms with Gasteiger partial charge in [-0.25, -0.2) is 14.0 Å². The van der Waals surface area contributed by atoms with Gasteiger partial charge in [-0.3, -0.25) is 9.69 Å². The third-order valence-electron chi connectivity index (χ3n) is 3.70. The van der Waals surface area contributed by atoms with E-state index < -0.39 is 35.5 Å². The number of anilines is 1. The van der Waals surface area contributed by atoms with E-state index in [0.717, 1.165) is 11.0 Å². The summed E-state index contributed by atoms with van der Waals surface area (Å²) in [5, 5.41) is 5.04. The largest absolute Gasteiger partial charge is 0.444 e. The first-order valence-electron chi connectivity index (χ1n) is 8.53. The van der Waals surface area contributed by atoms with Crippen molar-refractivity contribution >= 4 is 23.7 Å². The van der Waals surface area contributed by atoms with Crippen LogP contribution in [-0.2, 0) is 9.53 Å². The van der Waals surface area contributed by atoms with Crippen molar-refractivity contribution in [1.29, 1.82) is 0 Å². The lowest BCUT2D eigenvalue weighted by Crippen LogP contribution is -2.51. The number of halogens is 1. The van der Waals surface area contributed by atoms with Gasteiger partial charge in [0, 0.05) is 12.2 Å². The number of rotatable bonds is 2. The normalized spacial score (nSPS) is 18.1. The molecule has 1 saturated heterocycles. The SMILES string of the molecule is CC(C)(C)OC(=O)N[C@H]1CCCCN(C(=O)Nc2cccc(F)c2)C1=O. The summed E-state index contributed by atoms with van der Waals surface area (Å²) in [5.41, 5.74) is -0.435. The molecule has 0 spiro atoms. The summed E-state index contributed by atoms with van der Waals surface area (Å²) >= 11 is 0. The lowest BCUT2D eigenvalue weighted by Gasteiger charge is -2.25. The number of carbonyl (C=O) groups excluding carboxylic acids is 3. The Morgan fingerprint density at radius 1 is 1.27 bits per heavy atom. The fourth-order valence-electron chi connectivity index (χ4n) is 2.58. The van der Waals surface area contributed by atoms with Gasteiger partial charge in [-0.2, -0.15) is 0 Å². The number of benzene rings is 1. The molecular weight excluding hydrogens is 341 g/mol. The first-order chi connectivity index (χ1) is 12.2. The van der Waals surface area contributed by atoms with Crippen molar-refractivity contribution in [2.45, 2.75) is 51.7 Å². The molecule has 1 fully saturated rings. The van der Waals surface area contributed by atoms with Gasteiger partial charge in [-0.05, 0) is 58.2 Å². The summed E-state index contributed by atoms with van der Waals surface area (Å²) in [6.07, 6.45) is 1.01. The molecular formula is C18H24FN3O4. The van der Waals surface area contributed by atoms with Crippen LogP contribution in [0.4, 0.5) is 19.7 Å². The molecule has 8 heteroatoms. The molecule has 1 heterocycles. The number of alkyl carbamates (subject to hydrolysis) is 1. The molecule has 142 valence electrons. The summed E-state index contributed by atoms with van der Waals surface area (Å²) in [4.78, 5) is 38.1. The minimum Gasteiger partial charge on any atom is -0.444 e.